The highest BCUT2D eigenvalue weighted by molar-refractivity contribution is 7.89. The fourth-order valence-corrected chi connectivity index (χ4v) is 4.24. The molecule has 0 saturated heterocycles. The predicted molar refractivity (Wildman–Crippen MR) is 104 cm³/mol. The first kappa shape index (κ1) is 19.6. The van der Waals surface area contributed by atoms with E-state index in [-0.39, 0.29) is 10.7 Å². The van der Waals surface area contributed by atoms with E-state index in [0.29, 0.717) is 24.6 Å². The molecule has 1 aliphatic heterocycles. The van der Waals surface area contributed by atoms with Crippen LogP contribution in [0.25, 0.3) is 0 Å². The molecule has 0 atom stereocenters. The summed E-state index contributed by atoms with van der Waals surface area (Å²) in [4.78, 5) is 2.25. The van der Waals surface area contributed by atoms with Gasteiger partial charge in [0.1, 0.15) is 18.2 Å². The summed E-state index contributed by atoms with van der Waals surface area (Å²) in [5.74, 6) is 0.414. The fourth-order valence-electron chi connectivity index (χ4n) is 3.34. The molecule has 3 rings (SSSR count). The third-order valence-corrected chi connectivity index (χ3v) is 6.54. The van der Waals surface area contributed by atoms with Gasteiger partial charge in [0.05, 0.1) is 17.1 Å². The molecule has 7 heteroatoms. The maximum atomic E-state index is 14.4. The summed E-state index contributed by atoms with van der Waals surface area (Å²) in [6.07, 6.45) is 1.89. The van der Waals surface area contributed by atoms with Crippen LogP contribution in [0, 0.1) is 12.7 Å². The van der Waals surface area contributed by atoms with Gasteiger partial charge < -0.3 is 9.64 Å². The number of benzene rings is 2. The Morgan fingerprint density at radius 3 is 2.56 bits per heavy atom. The first-order valence-electron chi connectivity index (χ1n) is 8.98. The van der Waals surface area contributed by atoms with E-state index in [0.717, 1.165) is 30.5 Å². The molecule has 0 N–H and O–H groups in total. The summed E-state index contributed by atoms with van der Waals surface area (Å²) in [5.41, 5.74) is 2.68. The number of ether oxygens (including phenoxy) is 1. The highest BCUT2D eigenvalue weighted by Gasteiger charge is 2.21. The molecule has 0 spiro atoms. The third-order valence-electron chi connectivity index (χ3n) is 4.71. The molecule has 1 heterocycles. The summed E-state index contributed by atoms with van der Waals surface area (Å²) in [5, 5.41) is 0. The van der Waals surface area contributed by atoms with Crippen molar-refractivity contribution in [1.29, 1.82) is 0 Å². The largest absolute Gasteiger partial charge is 0.492 e. The van der Waals surface area contributed by atoms with E-state index < -0.39 is 10.0 Å². The molecule has 2 aromatic rings. The van der Waals surface area contributed by atoms with Gasteiger partial charge in [-0.1, -0.05) is 6.07 Å². The van der Waals surface area contributed by atoms with E-state index in [1.54, 1.807) is 18.2 Å². The molecule has 0 unspecified atom stereocenters. The molecular formula is C20H25FN2O3S. The molecule has 27 heavy (non-hydrogen) atoms. The lowest BCUT2D eigenvalue weighted by molar-refractivity contribution is 0.322. The Kier molecular flexibility index (Phi) is 5.72. The Morgan fingerprint density at radius 2 is 1.89 bits per heavy atom. The second kappa shape index (κ2) is 7.86. The molecule has 0 fully saturated rings. The summed E-state index contributed by atoms with van der Waals surface area (Å²) < 4.78 is 45.5. The number of nitrogens with zero attached hydrogens (tertiary/aromatic N) is 2. The van der Waals surface area contributed by atoms with Crippen LogP contribution in [0.2, 0.25) is 0 Å². The van der Waals surface area contributed by atoms with E-state index in [1.165, 1.54) is 30.5 Å². The summed E-state index contributed by atoms with van der Waals surface area (Å²) in [7, 11) is -0.451. The molecule has 146 valence electrons. The van der Waals surface area contributed by atoms with Crippen molar-refractivity contribution in [3.63, 3.8) is 0 Å². The molecule has 5 nitrogen and oxygen atoms in total. The molecule has 1 aliphatic rings. The van der Waals surface area contributed by atoms with E-state index in [2.05, 4.69) is 6.07 Å². The van der Waals surface area contributed by atoms with Crippen LogP contribution in [0.5, 0.6) is 5.75 Å². The molecule has 0 aliphatic carbocycles. The minimum absolute atomic E-state index is 0.178. The zero-order valence-corrected chi connectivity index (χ0v) is 16.7. The molecule has 0 aromatic heterocycles. The van der Waals surface area contributed by atoms with Gasteiger partial charge in [0.2, 0.25) is 10.0 Å². The van der Waals surface area contributed by atoms with Crippen molar-refractivity contribution >= 4 is 15.7 Å². The number of hydrogen-bond donors (Lipinski definition) is 0. The normalized spacial score (nSPS) is 14.3. The van der Waals surface area contributed by atoms with E-state index in [4.69, 9.17) is 4.74 Å². The predicted octanol–water partition coefficient (Wildman–Crippen LogP) is 3.22. The number of rotatable bonds is 6. The Balaban J connectivity index is 1.63. The SMILES string of the molecule is Cc1cc(F)c2c(c1)CCCN2CCOc1ccc(S(=O)(=O)N(C)C)cc1. The third kappa shape index (κ3) is 4.25. The minimum Gasteiger partial charge on any atom is -0.492 e. The van der Waals surface area contributed by atoms with E-state index >= 15 is 0 Å². The molecule has 2 aromatic carbocycles. The lowest BCUT2D eigenvalue weighted by atomic mass is 9.99. The smallest absolute Gasteiger partial charge is 0.242 e. The van der Waals surface area contributed by atoms with Crippen LogP contribution in [-0.4, -0.2) is 46.5 Å². The van der Waals surface area contributed by atoms with Gasteiger partial charge in [-0.05, 0) is 61.2 Å². The van der Waals surface area contributed by atoms with Crippen molar-refractivity contribution in [2.45, 2.75) is 24.7 Å². The van der Waals surface area contributed by atoms with Gasteiger partial charge in [-0.2, -0.15) is 0 Å². The number of fused-ring (bicyclic) bond motifs is 1. The number of aryl methyl sites for hydroxylation is 2. The number of hydrogen-bond acceptors (Lipinski definition) is 4. The van der Waals surface area contributed by atoms with Gasteiger partial charge in [-0.3, -0.25) is 0 Å². The van der Waals surface area contributed by atoms with Crippen LogP contribution in [0.1, 0.15) is 17.5 Å². The maximum absolute atomic E-state index is 14.4. The second-order valence-corrected chi connectivity index (χ2v) is 9.10. The summed E-state index contributed by atoms with van der Waals surface area (Å²) in [6.45, 7) is 3.68. The van der Waals surface area contributed by atoms with Crippen molar-refractivity contribution in [3.05, 3.63) is 53.3 Å². The zero-order chi connectivity index (χ0) is 19.6. The summed E-state index contributed by atoms with van der Waals surface area (Å²) in [6, 6.07) is 9.97. The van der Waals surface area contributed by atoms with Crippen molar-refractivity contribution in [2.75, 3.05) is 38.7 Å². The first-order valence-corrected chi connectivity index (χ1v) is 10.4. The average molecular weight is 392 g/mol. The first-order chi connectivity index (χ1) is 12.8. The molecule has 0 radical (unpaired) electrons. The van der Waals surface area contributed by atoms with Crippen LogP contribution in [0.4, 0.5) is 10.1 Å². The fraction of sp³-hybridized carbons (Fsp3) is 0.400. The van der Waals surface area contributed by atoms with Crippen LogP contribution in [0.3, 0.4) is 0 Å². The molecule has 0 saturated carbocycles. The van der Waals surface area contributed by atoms with Crippen LogP contribution in [0.15, 0.2) is 41.3 Å². The number of anilines is 1. The van der Waals surface area contributed by atoms with Gasteiger partial charge in [0, 0.05) is 20.6 Å². The Morgan fingerprint density at radius 1 is 1.19 bits per heavy atom. The Hall–Kier alpha value is -2.12. The van der Waals surface area contributed by atoms with Gasteiger partial charge in [0.15, 0.2) is 0 Å². The van der Waals surface area contributed by atoms with Gasteiger partial charge in [-0.15, -0.1) is 0 Å². The number of halogens is 1. The van der Waals surface area contributed by atoms with Crippen LogP contribution >= 0.6 is 0 Å². The van der Waals surface area contributed by atoms with Gasteiger partial charge in [0.25, 0.3) is 0 Å². The van der Waals surface area contributed by atoms with Crippen LogP contribution < -0.4 is 9.64 Å². The Labute approximate surface area is 160 Å². The average Bonchev–Trinajstić information content (AvgIpc) is 2.61. The standard InChI is InChI=1S/C20H25FN2O3S/c1-15-13-16-5-4-10-23(20(16)19(21)14-15)11-12-26-17-6-8-18(9-7-17)27(24,25)22(2)3/h6-9,13-14H,4-5,10-12H2,1-3H3. The van der Waals surface area contributed by atoms with Crippen LogP contribution in [-0.2, 0) is 16.4 Å². The van der Waals surface area contributed by atoms with Crippen molar-refractivity contribution < 1.29 is 17.5 Å². The van der Waals surface area contributed by atoms with Crippen molar-refractivity contribution in [2.24, 2.45) is 0 Å². The quantitative estimate of drug-likeness (QED) is 0.757. The van der Waals surface area contributed by atoms with Crippen molar-refractivity contribution in [3.8, 4) is 5.75 Å². The van der Waals surface area contributed by atoms with E-state index in [9.17, 15) is 12.8 Å². The lowest BCUT2D eigenvalue weighted by Gasteiger charge is -2.31. The lowest BCUT2D eigenvalue weighted by Crippen LogP contribution is -2.34. The minimum atomic E-state index is -3.45. The van der Waals surface area contributed by atoms with Crippen molar-refractivity contribution in [1.82, 2.24) is 4.31 Å². The Bertz CT molecular complexity index is 912. The zero-order valence-electron chi connectivity index (χ0n) is 15.9. The number of sulfonamides is 1. The maximum Gasteiger partial charge on any atom is 0.242 e. The second-order valence-electron chi connectivity index (χ2n) is 6.95. The summed E-state index contributed by atoms with van der Waals surface area (Å²) >= 11 is 0. The molecule has 0 bridgehead atoms. The van der Waals surface area contributed by atoms with E-state index in [1.807, 2.05) is 11.8 Å². The highest BCUT2D eigenvalue weighted by Crippen LogP contribution is 2.31. The molecular weight excluding hydrogens is 367 g/mol. The van der Waals surface area contributed by atoms with Gasteiger partial charge in [-0.25, -0.2) is 17.1 Å². The molecule has 0 amide bonds. The topological polar surface area (TPSA) is 49.9 Å². The monoisotopic (exact) mass is 392 g/mol. The highest BCUT2D eigenvalue weighted by atomic mass is 32.2. The van der Waals surface area contributed by atoms with Gasteiger partial charge >= 0.3 is 0 Å².